The molecule has 0 aliphatic carbocycles. The van der Waals surface area contributed by atoms with Crippen molar-refractivity contribution in [2.75, 3.05) is 0 Å². The van der Waals surface area contributed by atoms with Gasteiger partial charge >= 0.3 is 0 Å². The van der Waals surface area contributed by atoms with Crippen LogP contribution >= 0.6 is 0 Å². The van der Waals surface area contributed by atoms with E-state index in [9.17, 15) is 4.79 Å². The summed E-state index contributed by atoms with van der Waals surface area (Å²) in [6, 6.07) is 7.74. The summed E-state index contributed by atoms with van der Waals surface area (Å²) in [5, 5.41) is 5.65. The van der Waals surface area contributed by atoms with Crippen LogP contribution in [-0.4, -0.2) is 14.8 Å². The monoisotopic (exact) mass is 277 g/mol. The van der Waals surface area contributed by atoms with E-state index in [1.165, 1.54) is 0 Å². The van der Waals surface area contributed by atoms with Gasteiger partial charge in [-0.3, -0.25) is 9.48 Å². The van der Waals surface area contributed by atoms with Gasteiger partial charge in [0, 0.05) is 24.5 Å². The van der Waals surface area contributed by atoms with Gasteiger partial charge in [-0.15, -0.1) is 0 Å². The van der Waals surface area contributed by atoms with Gasteiger partial charge in [-0.05, 0) is 23.9 Å². The van der Waals surface area contributed by atoms with Gasteiger partial charge in [0.25, 0.3) is 5.56 Å². The lowest BCUT2D eigenvalue weighted by atomic mass is 10.1. The minimum atomic E-state index is -0.0829. The molecular weight excluding hydrogens is 262 g/mol. The van der Waals surface area contributed by atoms with Crippen LogP contribution in [0.5, 0.6) is 0 Å². The molecule has 21 heavy (non-hydrogen) atoms. The largest absolute Gasteiger partial charge is 0.326 e. The van der Waals surface area contributed by atoms with Gasteiger partial charge in [-0.25, -0.2) is 0 Å². The Kier molecular flexibility index (Phi) is 3.33. The van der Waals surface area contributed by atoms with E-state index in [-0.39, 0.29) is 5.56 Å². The van der Waals surface area contributed by atoms with Gasteiger partial charge in [-0.2, -0.15) is 5.10 Å². The van der Waals surface area contributed by atoms with Crippen LogP contribution in [0.2, 0.25) is 0 Å². The molecule has 0 saturated carbocycles. The number of aromatic amines is 1. The first-order chi connectivity index (χ1) is 10.2. The zero-order valence-corrected chi connectivity index (χ0v) is 12.0. The summed E-state index contributed by atoms with van der Waals surface area (Å²) in [7, 11) is 1.85. The molecule has 3 rings (SSSR count). The van der Waals surface area contributed by atoms with Crippen LogP contribution in [0.15, 0.2) is 41.5 Å². The van der Waals surface area contributed by atoms with Gasteiger partial charge < -0.3 is 4.98 Å². The second kappa shape index (κ2) is 5.29. The molecule has 0 atom stereocenters. The Balaban J connectivity index is 2.16. The van der Waals surface area contributed by atoms with Crippen LogP contribution in [-0.2, 0) is 13.5 Å². The number of benzene rings is 1. The van der Waals surface area contributed by atoms with Crippen LogP contribution in [0.4, 0.5) is 0 Å². The van der Waals surface area contributed by atoms with Crippen molar-refractivity contribution in [1.29, 1.82) is 0 Å². The average Bonchev–Trinajstić information content (AvgIpc) is 2.90. The van der Waals surface area contributed by atoms with Crippen molar-refractivity contribution >= 4 is 10.8 Å². The summed E-state index contributed by atoms with van der Waals surface area (Å²) in [5.41, 5.74) is 2.42. The van der Waals surface area contributed by atoms with Gasteiger partial charge in [-0.1, -0.05) is 30.9 Å². The number of rotatable bonds is 1. The number of nitrogens with one attached hydrogen (secondary N) is 1. The molecule has 0 radical (unpaired) electrons. The van der Waals surface area contributed by atoms with E-state index in [2.05, 4.69) is 21.9 Å². The molecule has 0 amide bonds. The molecule has 0 unspecified atom stereocenters. The zero-order chi connectivity index (χ0) is 14.8. The van der Waals surface area contributed by atoms with E-state index >= 15 is 0 Å². The number of aryl methyl sites for hydroxylation is 2. The third kappa shape index (κ3) is 2.59. The Hall–Kier alpha value is -2.80. The molecule has 4 nitrogen and oxygen atoms in total. The highest BCUT2D eigenvalue weighted by atomic mass is 16.1. The number of nitrogens with zero attached hydrogens (tertiary/aromatic N) is 2. The molecule has 0 fully saturated rings. The van der Waals surface area contributed by atoms with E-state index in [4.69, 9.17) is 0 Å². The van der Waals surface area contributed by atoms with Gasteiger partial charge in [0.2, 0.25) is 0 Å². The molecule has 1 N–H and O–H groups in total. The molecule has 0 aliphatic heterocycles. The Morgan fingerprint density at radius 2 is 2.19 bits per heavy atom. The maximum absolute atomic E-state index is 12.3. The third-order valence-corrected chi connectivity index (χ3v) is 3.35. The second-order valence-electron chi connectivity index (χ2n) is 4.90. The van der Waals surface area contributed by atoms with E-state index < -0.39 is 0 Å². The van der Waals surface area contributed by atoms with Gasteiger partial charge in [0.15, 0.2) is 0 Å². The smallest absolute Gasteiger partial charge is 0.257 e. The summed E-state index contributed by atoms with van der Waals surface area (Å²) in [6.07, 6.45) is 4.35. The Labute approximate surface area is 122 Å². The van der Waals surface area contributed by atoms with Crippen LogP contribution in [0.1, 0.15) is 23.7 Å². The number of pyridine rings is 1. The molecule has 1 aromatic carbocycles. The molecule has 2 aromatic heterocycles. The fourth-order valence-electron chi connectivity index (χ4n) is 2.30. The lowest BCUT2D eigenvalue weighted by molar-refractivity contribution is 0.767. The van der Waals surface area contributed by atoms with Crippen molar-refractivity contribution in [1.82, 2.24) is 14.8 Å². The molecule has 104 valence electrons. The second-order valence-corrected chi connectivity index (χ2v) is 4.90. The van der Waals surface area contributed by atoms with Crippen LogP contribution in [0.25, 0.3) is 10.8 Å². The molecule has 2 heterocycles. The minimum Gasteiger partial charge on any atom is -0.326 e. The SMILES string of the molecule is CCc1cc2cccc(C#Cc3cnn(C)c3)c2c(=O)[nH]1. The van der Waals surface area contributed by atoms with Crippen LogP contribution in [0.3, 0.4) is 0 Å². The van der Waals surface area contributed by atoms with Crippen molar-refractivity contribution in [2.45, 2.75) is 13.3 Å². The predicted molar refractivity (Wildman–Crippen MR) is 83.1 cm³/mol. The van der Waals surface area contributed by atoms with Gasteiger partial charge in [0.1, 0.15) is 0 Å². The summed E-state index contributed by atoms with van der Waals surface area (Å²) in [5.74, 6) is 6.12. The number of hydrogen-bond donors (Lipinski definition) is 1. The highest BCUT2D eigenvalue weighted by molar-refractivity contribution is 5.87. The first kappa shape index (κ1) is 13.2. The van der Waals surface area contributed by atoms with Crippen LogP contribution < -0.4 is 5.56 Å². The molecule has 0 saturated heterocycles. The maximum Gasteiger partial charge on any atom is 0.257 e. The summed E-state index contributed by atoms with van der Waals surface area (Å²) >= 11 is 0. The fourth-order valence-corrected chi connectivity index (χ4v) is 2.30. The predicted octanol–water partition coefficient (Wildman–Crippen LogP) is 2.22. The summed E-state index contributed by atoms with van der Waals surface area (Å²) in [4.78, 5) is 15.2. The molecule has 4 heteroatoms. The third-order valence-electron chi connectivity index (χ3n) is 3.35. The number of aromatic nitrogens is 3. The first-order valence-electron chi connectivity index (χ1n) is 6.83. The standard InChI is InChI=1S/C17H15N3O/c1-3-15-9-14-6-4-5-13(16(14)17(21)19-15)8-7-12-10-18-20(2)11-12/h4-6,9-11H,3H2,1-2H3,(H,19,21). The van der Waals surface area contributed by atoms with Crippen molar-refractivity contribution in [3.8, 4) is 11.8 Å². The Morgan fingerprint density at radius 3 is 2.90 bits per heavy atom. The molecule has 0 aliphatic rings. The van der Waals surface area contributed by atoms with Crippen molar-refractivity contribution in [2.24, 2.45) is 7.05 Å². The van der Waals surface area contributed by atoms with E-state index in [0.29, 0.717) is 5.39 Å². The van der Waals surface area contributed by atoms with E-state index in [1.807, 2.05) is 44.4 Å². The minimum absolute atomic E-state index is 0.0829. The lowest BCUT2D eigenvalue weighted by Gasteiger charge is -2.02. The Bertz CT molecular complexity index is 922. The Morgan fingerprint density at radius 1 is 1.33 bits per heavy atom. The van der Waals surface area contributed by atoms with E-state index in [0.717, 1.165) is 28.6 Å². The molecular formula is C17H15N3O. The maximum atomic E-state index is 12.3. The van der Waals surface area contributed by atoms with Crippen molar-refractivity contribution in [3.63, 3.8) is 0 Å². The van der Waals surface area contributed by atoms with Gasteiger partial charge in [0.05, 0.1) is 17.1 Å². The highest BCUT2D eigenvalue weighted by Gasteiger charge is 2.05. The fraction of sp³-hybridized carbons (Fsp3) is 0.176. The summed E-state index contributed by atoms with van der Waals surface area (Å²) in [6.45, 7) is 2.02. The van der Waals surface area contributed by atoms with Crippen LogP contribution in [0, 0.1) is 11.8 Å². The lowest BCUT2D eigenvalue weighted by Crippen LogP contribution is -2.10. The number of fused-ring (bicyclic) bond motifs is 1. The summed E-state index contributed by atoms with van der Waals surface area (Å²) < 4.78 is 1.70. The number of hydrogen-bond acceptors (Lipinski definition) is 2. The first-order valence-corrected chi connectivity index (χ1v) is 6.83. The normalized spacial score (nSPS) is 10.4. The molecule has 0 spiro atoms. The molecule has 0 bridgehead atoms. The quantitative estimate of drug-likeness (QED) is 0.693. The zero-order valence-electron chi connectivity index (χ0n) is 12.0. The number of H-pyrrole nitrogens is 1. The highest BCUT2D eigenvalue weighted by Crippen LogP contribution is 2.15. The average molecular weight is 277 g/mol. The topological polar surface area (TPSA) is 50.7 Å². The van der Waals surface area contributed by atoms with E-state index in [1.54, 1.807) is 10.9 Å². The van der Waals surface area contributed by atoms with Crippen molar-refractivity contribution < 1.29 is 0 Å². The molecule has 3 aromatic rings. The van der Waals surface area contributed by atoms with Crippen molar-refractivity contribution in [3.05, 3.63) is 63.8 Å².